The molecule has 0 bridgehead atoms. The molecule has 45 heavy (non-hydrogen) atoms. The highest BCUT2D eigenvalue weighted by Crippen LogP contribution is 2.41. The summed E-state index contributed by atoms with van der Waals surface area (Å²) in [5.74, 6) is 0.837. The number of aromatic nitrogens is 1. The van der Waals surface area contributed by atoms with Crippen molar-refractivity contribution in [2.75, 3.05) is 0 Å². The highest BCUT2D eigenvalue weighted by Gasteiger charge is 2.19. The fraction of sp³-hybridized carbons (Fsp3) is 0.0233. The molecule has 0 radical (unpaired) electrons. The van der Waals surface area contributed by atoms with E-state index in [2.05, 4.69) is 151 Å². The third-order valence-electron chi connectivity index (χ3n) is 8.69. The number of rotatable bonds is 6. The first-order valence-electron chi connectivity index (χ1n) is 15.3. The highest BCUT2D eigenvalue weighted by atomic mass is 16.3. The Morgan fingerprint density at radius 1 is 0.556 bits per heavy atom. The van der Waals surface area contributed by atoms with E-state index >= 15 is 0 Å². The number of nitrogens with zero attached hydrogens (tertiary/aromatic N) is 1. The van der Waals surface area contributed by atoms with Crippen LogP contribution in [0, 0.1) is 0 Å². The minimum atomic E-state index is 0.837. The molecule has 0 fully saturated rings. The van der Waals surface area contributed by atoms with E-state index in [0.717, 1.165) is 44.4 Å². The standard InChI is InChI=1S/C43H31NO/c1-3-13-41-36(4-2)37-24-25-40-42(43(37)45-41)38-18-11-12-19-39(38)44(40)35-22-20-31(21-23-35)34-27-32(29-14-7-5-8-15-29)26-33(28-34)30-16-9-6-10-17-30/h3-28H,2H2,1H3/b13-3-. The Labute approximate surface area is 262 Å². The Morgan fingerprint density at radius 3 is 1.73 bits per heavy atom. The van der Waals surface area contributed by atoms with Gasteiger partial charge in [0.15, 0.2) is 0 Å². The predicted molar refractivity (Wildman–Crippen MR) is 192 cm³/mol. The van der Waals surface area contributed by atoms with Crippen LogP contribution in [0.25, 0.3) is 84.0 Å². The summed E-state index contributed by atoms with van der Waals surface area (Å²) in [6.45, 7) is 6.08. The summed E-state index contributed by atoms with van der Waals surface area (Å²) in [5.41, 5.74) is 12.5. The van der Waals surface area contributed by atoms with Crippen molar-refractivity contribution in [2.24, 2.45) is 0 Å². The van der Waals surface area contributed by atoms with Crippen LogP contribution in [0.15, 0.2) is 157 Å². The van der Waals surface area contributed by atoms with Crippen molar-refractivity contribution in [3.05, 3.63) is 164 Å². The molecular formula is C43H31NO. The lowest BCUT2D eigenvalue weighted by atomic mass is 9.93. The van der Waals surface area contributed by atoms with Gasteiger partial charge in [-0.05, 0) is 94.9 Å². The molecule has 214 valence electrons. The van der Waals surface area contributed by atoms with E-state index in [1.165, 1.54) is 38.8 Å². The van der Waals surface area contributed by atoms with Crippen LogP contribution in [0.2, 0.25) is 0 Å². The van der Waals surface area contributed by atoms with E-state index in [0.29, 0.717) is 0 Å². The van der Waals surface area contributed by atoms with Gasteiger partial charge in [-0.25, -0.2) is 0 Å². The van der Waals surface area contributed by atoms with Crippen LogP contribution in [0.5, 0.6) is 0 Å². The predicted octanol–water partition coefficient (Wildman–Crippen LogP) is 12.2. The first kappa shape index (κ1) is 26.7. The Morgan fingerprint density at radius 2 is 1.13 bits per heavy atom. The Kier molecular flexibility index (Phi) is 6.54. The van der Waals surface area contributed by atoms with Crippen molar-refractivity contribution in [1.29, 1.82) is 0 Å². The minimum absolute atomic E-state index is 0.837. The summed E-state index contributed by atoms with van der Waals surface area (Å²) in [6, 6.07) is 50.0. The van der Waals surface area contributed by atoms with Crippen LogP contribution < -0.4 is 0 Å². The topological polar surface area (TPSA) is 18.1 Å². The lowest BCUT2D eigenvalue weighted by Gasteiger charge is -2.13. The van der Waals surface area contributed by atoms with E-state index in [1.807, 2.05) is 25.2 Å². The largest absolute Gasteiger partial charge is 0.455 e. The number of fused-ring (bicyclic) bond motifs is 5. The molecule has 0 N–H and O–H groups in total. The number of hydrogen-bond donors (Lipinski definition) is 0. The Balaban J connectivity index is 1.29. The lowest BCUT2D eigenvalue weighted by Crippen LogP contribution is -1.94. The fourth-order valence-electron chi connectivity index (χ4n) is 6.60. The zero-order chi connectivity index (χ0) is 30.3. The molecule has 0 saturated carbocycles. The van der Waals surface area contributed by atoms with E-state index in [-0.39, 0.29) is 0 Å². The molecule has 0 saturated heterocycles. The van der Waals surface area contributed by atoms with Gasteiger partial charge in [-0.1, -0.05) is 110 Å². The van der Waals surface area contributed by atoms with Crippen molar-refractivity contribution >= 4 is 44.9 Å². The van der Waals surface area contributed by atoms with Gasteiger partial charge in [0.05, 0.1) is 16.4 Å². The van der Waals surface area contributed by atoms with E-state index in [1.54, 1.807) is 0 Å². The lowest BCUT2D eigenvalue weighted by molar-refractivity contribution is 0.606. The van der Waals surface area contributed by atoms with Crippen molar-refractivity contribution < 1.29 is 4.42 Å². The number of para-hydroxylation sites is 1. The second kappa shape index (κ2) is 11.0. The van der Waals surface area contributed by atoms with Gasteiger partial charge in [0.2, 0.25) is 0 Å². The van der Waals surface area contributed by atoms with Crippen molar-refractivity contribution in [2.45, 2.75) is 6.92 Å². The first-order chi connectivity index (χ1) is 22.2. The molecule has 2 nitrogen and oxygen atoms in total. The van der Waals surface area contributed by atoms with Crippen molar-refractivity contribution in [3.8, 4) is 39.1 Å². The maximum absolute atomic E-state index is 6.50. The quantitative estimate of drug-likeness (QED) is 0.192. The van der Waals surface area contributed by atoms with Crippen LogP contribution in [-0.2, 0) is 0 Å². The molecule has 0 spiro atoms. The minimum Gasteiger partial charge on any atom is -0.455 e. The maximum atomic E-state index is 6.50. The average molecular weight is 578 g/mol. The number of benzene rings is 6. The van der Waals surface area contributed by atoms with Crippen LogP contribution in [0.3, 0.4) is 0 Å². The molecule has 2 heterocycles. The van der Waals surface area contributed by atoms with Gasteiger partial charge in [0, 0.05) is 22.0 Å². The first-order valence-corrected chi connectivity index (χ1v) is 15.3. The Bertz CT molecular complexity index is 2310. The molecular weight excluding hydrogens is 546 g/mol. The summed E-state index contributed by atoms with van der Waals surface area (Å²) < 4.78 is 8.84. The molecule has 2 aromatic heterocycles. The molecule has 2 heteroatoms. The molecule has 8 aromatic rings. The molecule has 0 aliphatic rings. The summed E-state index contributed by atoms with van der Waals surface area (Å²) in [4.78, 5) is 0. The van der Waals surface area contributed by atoms with Crippen molar-refractivity contribution in [1.82, 2.24) is 4.57 Å². The van der Waals surface area contributed by atoms with Gasteiger partial charge in [0.25, 0.3) is 0 Å². The molecule has 8 rings (SSSR count). The monoisotopic (exact) mass is 577 g/mol. The van der Waals surface area contributed by atoms with E-state index in [4.69, 9.17) is 4.42 Å². The molecule has 0 amide bonds. The van der Waals surface area contributed by atoms with Crippen LogP contribution in [-0.4, -0.2) is 4.57 Å². The molecule has 6 aromatic carbocycles. The zero-order valence-corrected chi connectivity index (χ0v) is 25.1. The molecule has 0 aliphatic heterocycles. The summed E-state index contributed by atoms with van der Waals surface area (Å²) in [5, 5.41) is 3.37. The van der Waals surface area contributed by atoms with Crippen LogP contribution in [0.1, 0.15) is 18.2 Å². The van der Waals surface area contributed by atoms with E-state index < -0.39 is 0 Å². The van der Waals surface area contributed by atoms with Gasteiger partial charge < -0.3 is 8.98 Å². The Hall–Kier alpha value is -5.86. The normalized spacial score (nSPS) is 11.7. The molecule has 0 atom stereocenters. The van der Waals surface area contributed by atoms with Gasteiger partial charge in [0.1, 0.15) is 11.3 Å². The fourth-order valence-corrected chi connectivity index (χ4v) is 6.60. The summed E-state index contributed by atoms with van der Waals surface area (Å²) in [7, 11) is 0. The smallest absolute Gasteiger partial charge is 0.145 e. The molecule has 0 unspecified atom stereocenters. The number of hydrogen-bond acceptors (Lipinski definition) is 1. The highest BCUT2D eigenvalue weighted by molar-refractivity contribution is 6.20. The summed E-state index contributed by atoms with van der Waals surface area (Å²) >= 11 is 0. The number of allylic oxidation sites excluding steroid dienone is 1. The SMILES string of the molecule is C=Cc1c(/C=C\C)oc2c1ccc1c2c2ccccc2n1-c1ccc(-c2cc(-c3ccccc3)cc(-c3ccccc3)c2)cc1. The van der Waals surface area contributed by atoms with Gasteiger partial charge >= 0.3 is 0 Å². The van der Waals surface area contributed by atoms with Gasteiger partial charge in [-0.3, -0.25) is 0 Å². The van der Waals surface area contributed by atoms with E-state index in [9.17, 15) is 0 Å². The van der Waals surface area contributed by atoms with Crippen LogP contribution >= 0.6 is 0 Å². The summed E-state index contributed by atoms with van der Waals surface area (Å²) in [6.07, 6.45) is 5.91. The van der Waals surface area contributed by atoms with Crippen LogP contribution in [0.4, 0.5) is 0 Å². The van der Waals surface area contributed by atoms with Crippen molar-refractivity contribution in [3.63, 3.8) is 0 Å². The molecule has 0 aliphatic carbocycles. The second-order valence-electron chi connectivity index (χ2n) is 11.4. The third-order valence-corrected chi connectivity index (χ3v) is 8.69. The van der Waals surface area contributed by atoms with Gasteiger partial charge in [-0.2, -0.15) is 0 Å². The second-order valence-corrected chi connectivity index (χ2v) is 11.4. The number of furan rings is 1. The average Bonchev–Trinajstić information content (AvgIpc) is 3.64. The zero-order valence-electron chi connectivity index (χ0n) is 25.1. The third kappa shape index (κ3) is 4.51. The van der Waals surface area contributed by atoms with Gasteiger partial charge in [-0.15, -0.1) is 0 Å². The maximum Gasteiger partial charge on any atom is 0.145 e.